The maximum atomic E-state index is 5.75. The monoisotopic (exact) mass is 203 g/mol. The van der Waals surface area contributed by atoms with Gasteiger partial charge in [0, 0.05) is 0 Å². The molecule has 0 aromatic carbocycles. The van der Waals surface area contributed by atoms with Crippen molar-refractivity contribution in [3.05, 3.63) is 22.1 Å². The minimum absolute atomic E-state index is 0.0609. The summed E-state index contributed by atoms with van der Waals surface area (Å²) < 4.78 is 0. The highest BCUT2D eigenvalue weighted by Crippen LogP contribution is 2.21. The molecule has 0 aliphatic heterocycles. The number of hydrogen-bond acceptors (Lipinski definition) is 3. The van der Waals surface area contributed by atoms with E-state index in [1.807, 2.05) is 6.92 Å². The van der Waals surface area contributed by atoms with Gasteiger partial charge in [-0.3, -0.25) is 0 Å². The second kappa shape index (κ2) is 3.74. The lowest BCUT2D eigenvalue weighted by Gasteiger charge is -2.00. The van der Waals surface area contributed by atoms with E-state index in [4.69, 9.17) is 28.9 Å². The molecule has 0 radical (unpaired) electrons. The maximum absolute atomic E-state index is 5.75. The molecule has 0 aliphatic rings. The lowest BCUT2D eigenvalue weighted by Crippen LogP contribution is -1.97. The average molecular weight is 204 g/mol. The molecule has 12 heavy (non-hydrogen) atoms. The van der Waals surface area contributed by atoms with Crippen LogP contribution in [0, 0.1) is 0 Å². The quantitative estimate of drug-likeness (QED) is 0.564. The van der Waals surface area contributed by atoms with Gasteiger partial charge in [-0.25, -0.2) is 9.97 Å². The van der Waals surface area contributed by atoms with E-state index < -0.39 is 0 Å². The Morgan fingerprint density at radius 2 is 2.00 bits per heavy atom. The predicted molar refractivity (Wildman–Crippen MR) is 51.2 cm³/mol. The van der Waals surface area contributed by atoms with E-state index >= 15 is 0 Å². The number of halogens is 2. The second-order valence-corrected chi connectivity index (χ2v) is 2.78. The Labute approximate surface area is 80.2 Å². The van der Waals surface area contributed by atoms with Gasteiger partial charge < -0.3 is 5.73 Å². The Balaban J connectivity index is 3.28. The van der Waals surface area contributed by atoms with Crippen LogP contribution in [0.15, 0.2) is 6.08 Å². The fourth-order valence-electron chi connectivity index (χ4n) is 0.752. The van der Waals surface area contributed by atoms with Gasteiger partial charge in [0.05, 0.1) is 5.56 Å². The van der Waals surface area contributed by atoms with Crippen molar-refractivity contribution in [2.75, 3.05) is 5.73 Å². The van der Waals surface area contributed by atoms with Crippen molar-refractivity contribution in [3.8, 4) is 0 Å². The Bertz CT molecular complexity index is 299. The summed E-state index contributed by atoms with van der Waals surface area (Å²) in [5.74, 6) is 0.290. The molecule has 0 saturated heterocycles. The number of allylic oxidation sites excluding steroid dienone is 1. The third-order valence-corrected chi connectivity index (χ3v) is 1.69. The van der Waals surface area contributed by atoms with Crippen LogP contribution in [0.2, 0.25) is 10.4 Å². The lowest BCUT2D eigenvalue weighted by atomic mass is 10.3. The van der Waals surface area contributed by atoms with Gasteiger partial charge in [-0.2, -0.15) is 0 Å². The highest BCUT2D eigenvalue weighted by Gasteiger charge is 2.05. The number of anilines is 1. The molecule has 64 valence electrons. The molecule has 0 amide bonds. The van der Waals surface area contributed by atoms with Crippen molar-refractivity contribution in [1.29, 1.82) is 0 Å². The maximum Gasteiger partial charge on any atom is 0.225 e. The van der Waals surface area contributed by atoms with Gasteiger partial charge in [-0.05, 0) is 18.5 Å². The number of nitrogens with two attached hydrogens (primary N) is 1. The number of aromatic nitrogens is 2. The Morgan fingerprint density at radius 3 is 2.50 bits per heavy atom. The highest BCUT2D eigenvalue weighted by atomic mass is 35.5. The van der Waals surface area contributed by atoms with Crippen LogP contribution in [0.5, 0.6) is 0 Å². The van der Waals surface area contributed by atoms with Crippen molar-refractivity contribution in [2.24, 2.45) is 0 Å². The molecule has 1 aromatic rings. The van der Waals surface area contributed by atoms with Crippen LogP contribution in [0.3, 0.4) is 0 Å². The second-order valence-electron chi connectivity index (χ2n) is 2.08. The summed E-state index contributed by atoms with van der Waals surface area (Å²) in [7, 11) is 0. The summed E-state index contributed by atoms with van der Waals surface area (Å²) in [6, 6.07) is 0. The van der Waals surface area contributed by atoms with Crippen molar-refractivity contribution in [2.45, 2.75) is 6.92 Å². The van der Waals surface area contributed by atoms with Crippen LogP contribution in [0.1, 0.15) is 12.5 Å². The van der Waals surface area contributed by atoms with Crippen LogP contribution in [0.4, 0.5) is 5.82 Å². The molecule has 2 N–H and O–H groups in total. The van der Waals surface area contributed by atoms with Crippen molar-refractivity contribution in [1.82, 2.24) is 9.97 Å². The Morgan fingerprint density at radius 1 is 1.33 bits per heavy atom. The molecule has 0 bridgehead atoms. The normalized spacial score (nSPS) is 10.9. The van der Waals surface area contributed by atoms with Crippen LogP contribution < -0.4 is 5.73 Å². The number of rotatable bonds is 1. The fourth-order valence-corrected chi connectivity index (χ4v) is 1.21. The van der Waals surface area contributed by atoms with E-state index in [-0.39, 0.29) is 16.3 Å². The molecule has 0 atom stereocenters. The van der Waals surface area contributed by atoms with Crippen LogP contribution in [0.25, 0.3) is 6.08 Å². The SMILES string of the molecule is C/C=C\c1c(N)nc(Cl)nc1Cl. The van der Waals surface area contributed by atoms with Gasteiger partial charge >= 0.3 is 0 Å². The molecular weight excluding hydrogens is 197 g/mol. The summed E-state index contributed by atoms with van der Waals surface area (Å²) in [6.07, 6.45) is 3.53. The standard InChI is InChI=1S/C7H7Cl2N3/c1-2-3-4-5(8)11-7(9)12-6(4)10/h2-3H,1H3,(H2,10,11,12)/b3-2-. The number of nitrogen functional groups attached to an aromatic ring is 1. The van der Waals surface area contributed by atoms with Crippen LogP contribution in [-0.2, 0) is 0 Å². The molecule has 0 saturated carbocycles. The van der Waals surface area contributed by atoms with E-state index in [1.54, 1.807) is 12.2 Å². The van der Waals surface area contributed by atoms with Gasteiger partial charge in [0.25, 0.3) is 0 Å². The zero-order valence-corrected chi connectivity index (χ0v) is 7.89. The smallest absolute Gasteiger partial charge is 0.225 e. The van der Waals surface area contributed by atoms with Crippen molar-refractivity contribution in [3.63, 3.8) is 0 Å². The predicted octanol–water partition coefficient (Wildman–Crippen LogP) is 2.40. The summed E-state index contributed by atoms with van der Waals surface area (Å²) >= 11 is 11.3. The van der Waals surface area contributed by atoms with Gasteiger partial charge in [0.2, 0.25) is 5.28 Å². The minimum atomic E-state index is 0.0609. The molecule has 3 nitrogen and oxygen atoms in total. The number of nitrogens with zero attached hydrogens (tertiary/aromatic N) is 2. The van der Waals surface area contributed by atoms with E-state index in [0.29, 0.717) is 5.56 Å². The molecule has 1 aromatic heterocycles. The van der Waals surface area contributed by atoms with Crippen molar-refractivity contribution < 1.29 is 0 Å². The average Bonchev–Trinajstić information content (AvgIpc) is 1.96. The highest BCUT2D eigenvalue weighted by molar-refractivity contribution is 6.33. The van der Waals surface area contributed by atoms with Gasteiger partial charge in [-0.15, -0.1) is 0 Å². The summed E-state index contributed by atoms with van der Waals surface area (Å²) in [5, 5.41) is 0.330. The lowest BCUT2D eigenvalue weighted by molar-refractivity contribution is 1.17. The summed E-state index contributed by atoms with van der Waals surface area (Å²) in [6.45, 7) is 1.85. The van der Waals surface area contributed by atoms with Crippen molar-refractivity contribution >= 4 is 35.1 Å². The molecule has 0 fully saturated rings. The molecule has 1 heterocycles. The first kappa shape index (κ1) is 9.29. The molecule has 0 aliphatic carbocycles. The zero-order valence-electron chi connectivity index (χ0n) is 6.38. The molecule has 0 spiro atoms. The van der Waals surface area contributed by atoms with E-state index in [9.17, 15) is 0 Å². The third kappa shape index (κ3) is 1.87. The first-order valence-electron chi connectivity index (χ1n) is 3.26. The van der Waals surface area contributed by atoms with Gasteiger partial charge in [-0.1, -0.05) is 23.8 Å². The molecule has 5 heteroatoms. The molecular formula is C7H7Cl2N3. The van der Waals surface area contributed by atoms with Crippen LogP contribution >= 0.6 is 23.2 Å². The minimum Gasteiger partial charge on any atom is -0.383 e. The topological polar surface area (TPSA) is 51.8 Å². The number of hydrogen-bond donors (Lipinski definition) is 1. The largest absolute Gasteiger partial charge is 0.383 e. The molecule has 0 unspecified atom stereocenters. The van der Waals surface area contributed by atoms with Gasteiger partial charge in [0.15, 0.2) is 0 Å². The summed E-state index contributed by atoms with van der Waals surface area (Å²) in [4.78, 5) is 7.49. The Hall–Kier alpha value is -0.800. The Kier molecular flexibility index (Phi) is 2.89. The fraction of sp³-hybridized carbons (Fsp3) is 0.143. The summed E-state index contributed by atoms with van der Waals surface area (Å²) in [5.41, 5.74) is 6.14. The zero-order chi connectivity index (χ0) is 9.14. The first-order chi connectivity index (χ1) is 5.65. The molecule has 1 rings (SSSR count). The third-order valence-electron chi connectivity index (χ3n) is 1.23. The van der Waals surface area contributed by atoms with E-state index in [1.165, 1.54) is 0 Å². The van der Waals surface area contributed by atoms with Gasteiger partial charge in [0.1, 0.15) is 11.0 Å². The van der Waals surface area contributed by atoms with E-state index in [0.717, 1.165) is 0 Å². The first-order valence-corrected chi connectivity index (χ1v) is 4.02. The van der Waals surface area contributed by atoms with E-state index in [2.05, 4.69) is 9.97 Å². The van der Waals surface area contributed by atoms with Crippen LogP contribution in [-0.4, -0.2) is 9.97 Å².